The van der Waals surface area contributed by atoms with E-state index in [9.17, 15) is 9.90 Å². The monoisotopic (exact) mass is 240 g/mol. The number of phenolic OH excluding ortho intramolecular Hbond substituents is 1. The van der Waals surface area contributed by atoms with E-state index in [1.165, 1.54) is 0 Å². The highest BCUT2D eigenvalue weighted by Crippen LogP contribution is 2.22. The van der Waals surface area contributed by atoms with Crippen molar-refractivity contribution in [2.24, 2.45) is 0 Å². The number of rotatable bonds is 2. The molecule has 0 aliphatic heterocycles. The van der Waals surface area contributed by atoms with E-state index >= 15 is 0 Å². The standard InChI is InChI=1S/C10H12O3.2C2H6/c1-3-7-4-8(10(12)13)6(2)9(11)5-7;2*1-2/h4-5,11H,3H2,1-2H3,(H,12,13);2*1-2H3. The van der Waals surface area contributed by atoms with Crippen molar-refractivity contribution in [3.8, 4) is 5.75 Å². The van der Waals surface area contributed by atoms with Crippen LogP contribution in [0.2, 0.25) is 0 Å². The number of carboxylic acid groups (broad SMARTS) is 1. The molecule has 0 radical (unpaired) electrons. The van der Waals surface area contributed by atoms with Gasteiger partial charge in [0.05, 0.1) is 5.56 Å². The lowest BCUT2D eigenvalue weighted by Crippen LogP contribution is -2.01. The average Bonchev–Trinajstić information content (AvgIpc) is 2.37. The Morgan fingerprint density at radius 2 is 1.65 bits per heavy atom. The van der Waals surface area contributed by atoms with Gasteiger partial charge in [-0.15, -0.1) is 0 Å². The second-order valence-electron chi connectivity index (χ2n) is 2.95. The van der Waals surface area contributed by atoms with Crippen LogP contribution < -0.4 is 0 Å². The number of phenols is 1. The molecule has 0 aliphatic carbocycles. The maximum absolute atomic E-state index is 10.7. The fourth-order valence-corrected chi connectivity index (χ4v) is 1.18. The molecule has 0 fully saturated rings. The first-order valence-corrected chi connectivity index (χ1v) is 6.12. The summed E-state index contributed by atoms with van der Waals surface area (Å²) >= 11 is 0. The summed E-state index contributed by atoms with van der Waals surface area (Å²) in [7, 11) is 0. The molecule has 0 heterocycles. The quantitative estimate of drug-likeness (QED) is 0.821. The average molecular weight is 240 g/mol. The Hall–Kier alpha value is -1.51. The van der Waals surface area contributed by atoms with Gasteiger partial charge < -0.3 is 10.2 Å². The number of aromatic carboxylic acids is 1. The summed E-state index contributed by atoms with van der Waals surface area (Å²) < 4.78 is 0. The molecule has 17 heavy (non-hydrogen) atoms. The predicted octanol–water partition coefficient (Wildman–Crippen LogP) is 4.01. The highest BCUT2D eigenvalue weighted by atomic mass is 16.4. The molecular weight excluding hydrogens is 216 g/mol. The summed E-state index contributed by atoms with van der Waals surface area (Å²) in [6.07, 6.45) is 0.716. The van der Waals surface area contributed by atoms with Crippen molar-refractivity contribution in [3.63, 3.8) is 0 Å². The number of carboxylic acids is 1. The number of hydrogen-bond donors (Lipinski definition) is 2. The third kappa shape index (κ3) is 5.38. The molecule has 98 valence electrons. The van der Waals surface area contributed by atoms with Crippen molar-refractivity contribution in [3.05, 3.63) is 28.8 Å². The van der Waals surface area contributed by atoms with Crippen molar-refractivity contribution in [2.45, 2.75) is 48.0 Å². The minimum atomic E-state index is -0.997. The molecule has 0 aliphatic rings. The number of benzene rings is 1. The second-order valence-corrected chi connectivity index (χ2v) is 2.95. The third-order valence-corrected chi connectivity index (χ3v) is 2.08. The van der Waals surface area contributed by atoms with Gasteiger partial charge in [-0.2, -0.15) is 0 Å². The Morgan fingerprint density at radius 1 is 1.18 bits per heavy atom. The van der Waals surface area contributed by atoms with E-state index < -0.39 is 5.97 Å². The summed E-state index contributed by atoms with van der Waals surface area (Å²) in [6, 6.07) is 3.19. The molecule has 0 bridgehead atoms. The van der Waals surface area contributed by atoms with E-state index in [4.69, 9.17) is 5.11 Å². The number of aromatic hydroxyl groups is 1. The molecule has 0 unspecified atom stereocenters. The second kappa shape index (κ2) is 9.70. The Bertz CT molecular complexity index is 344. The van der Waals surface area contributed by atoms with Crippen molar-refractivity contribution < 1.29 is 15.0 Å². The minimum absolute atomic E-state index is 0.0525. The normalized spacial score (nSPS) is 8.35. The fourth-order valence-electron chi connectivity index (χ4n) is 1.18. The molecule has 2 N–H and O–H groups in total. The van der Waals surface area contributed by atoms with Crippen molar-refractivity contribution >= 4 is 5.97 Å². The highest BCUT2D eigenvalue weighted by molar-refractivity contribution is 5.90. The van der Waals surface area contributed by atoms with Gasteiger partial charge >= 0.3 is 5.97 Å². The zero-order valence-electron chi connectivity index (χ0n) is 11.7. The molecule has 0 spiro atoms. The van der Waals surface area contributed by atoms with Crippen LogP contribution in [-0.2, 0) is 6.42 Å². The SMILES string of the molecule is CC.CC.CCc1cc(O)c(C)c(C(=O)O)c1. The lowest BCUT2D eigenvalue weighted by atomic mass is 10.0. The first-order valence-electron chi connectivity index (χ1n) is 6.12. The predicted molar refractivity (Wildman–Crippen MR) is 71.9 cm³/mol. The van der Waals surface area contributed by atoms with E-state index in [1.807, 2.05) is 34.6 Å². The first kappa shape index (κ1) is 17.9. The molecular formula is C14H24O3. The Kier molecular flexibility index (Phi) is 10.2. The molecule has 3 nitrogen and oxygen atoms in total. The van der Waals surface area contributed by atoms with Crippen molar-refractivity contribution in [1.29, 1.82) is 0 Å². The van der Waals surface area contributed by atoms with E-state index in [2.05, 4.69) is 0 Å². The third-order valence-electron chi connectivity index (χ3n) is 2.08. The Balaban J connectivity index is 0. The summed E-state index contributed by atoms with van der Waals surface area (Å²) in [5.41, 5.74) is 1.43. The molecule has 0 atom stereocenters. The van der Waals surface area contributed by atoms with Gasteiger partial charge in [-0.1, -0.05) is 34.6 Å². The Morgan fingerprint density at radius 3 is 2.00 bits per heavy atom. The van der Waals surface area contributed by atoms with Crippen molar-refractivity contribution in [1.82, 2.24) is 0 Å². The van der Waals surface area contributed by atoms with Gasteiger partial charge in [0.2, 0.25) is 0 Å². The van der Waals surface area contributed by atoms with Crippen LogP contribution in [0.15, 0.2) is 12.1 Å². The van der Waals surface area contributed by atoms with E-state index in [-0.39, 0.29) is 11.3 Å². The van der Waals surface area contributed by atoms with Gasteiger partial charge in [0, 0.05) is 5.56 Å². The highest BCUT2D eigenvalue weighted by Gasteiger charge is 2.11. The molecule has 1 rings (SSSR count). The van der Waals surface area contributed by atoms with Gasteiger partial charge in [-0.25, -0.2) is 4.79 Å². The van der Waals surface area contributed by atoms with Crippen LogP contribution in [0.5, 0.6) is 5.75 Å². The fraction of sp³-hybridized carbons (Fsp3) is 0.500. The van der Waals surface area contributed by atoms with Crippen LogP contribution in [0.25, 0.3) is 0 Å². The number of aryl methyl sites for hydroxylation is 1. The van der Waals surface area contributed by atoms with Crippen LogP contribution >= 0.6 is 0 Å². The van der Waals surface area contributed by atoms with E-state index in [1.54, 1.807) is 19.1 Å². The summed E-state index contributed by atoms with van der Waals surface area (Å²) in [4.78, 5) is 10.7. The Labute approximate surface area is 104 Å². The van der Waals surface area contributed by atoms with Crippen LogP contribution in [0, 0.1) is 6.92 Å². The largest absolute Gasteiger partial charge is 0.508 e. The lowest BCUT2D eigenvalue weighted by molar-refractivity contribution is 0.0695. The zero-order valence-corrected chi connectivity index (χ0v) is 11.7. The van der Waals surface area contributed by atoms with Crippen LogP contribution in [0.1, 0.15) is 56.1 Å². The number of hydrogen-bond acceptors (Lipinski definition) is 2. The minimum Gasteiger partial charge on any atom is -0.508 e. The molecule has 0 saturated carbocycles. The van der Waals surface area contributed by atoms with Crippen LogP contribution in [0.4, 0.5) is 0 Å². The lowest BCUT2D eigenvalue weighted by Gasteiger charge is -2.06. The number of carbonyl (C=O) groups is 1. The molecule has 3 heteroatoms. The smallest absolute Gasteiger partial charge is 0.336 e. The molecule has 0 saturated heterocycles. The summed E-state index contributed by atoms with van der Waals surface area (Å²) in [6.45, 7) is 11.5. The molecule has 1 aromatic rings. The molecule has 0 aromatic heterocycles. The maximum Gasteiger partial charge on any atom is 0.336 e. The summed E-state index contributed by atoms with van der Waals surface area (Å²) in [5, 5.41) is 18.2. The van der Waals surface area contributed by atoms with E-state index in [0.29, 0.717) is 12.0 Å². The van der Waals surface area contributed by atoms with Gasteiger partial charge in [0.25, 0.3) is 0 Å². The topological polar surface area (TPSA) is 57.5 Å². The molecule has 0 amide bonds. The van der Waals surface area contributed by atoms with Crippen molar-refractivity contribution in [2.75, 3.05) is 0 Å². The molecule has 1 aromatic carbocycles. The first-order chi connectivity index (χ1) is 8.06. The van der Waals surface area contributed by atoms with Crippen LogP contribution in [-0.4, -0.2) is 16.2 Å². The van der Waals surface area contributed by atoms with Gasteiger partial charge in [-0.3, -0.25) is 0 Å². The zero-order chi connectivity index (χ0) is 14.0. The van der Waals surface area contributed by atoms with Gasteiger partial charge in [0.15, 0.2) is 0 Å². The van der Waals surface area contributed by atoms with Crippen LogP contribution in [0.3, 0.4) is 0 Å². The maximum atomic E-state index is 10.7. The van der Waals surface area contributed by atoms with Gasteiger partial charge in [-0.05, 0) is 31.0 Å². The van der Waals surface area contributed by atoms with E-state index in [0.717, 1.165) is 5.56 Å². The summed E-state index contributed by atoms with van der Waals surface area (Å²) in [5.74, 6) is -0.945. The van der Waals surface area contributed by atoms with Gasteiger partial charge in [0.1, 0.15) is 5.75 Å².